The lowest BCUT2D eigenvalue weighted by molar-refractivity contribution is 0.503. The van der Waals surface area contributed by atoms with Crippen LogP contribution in [0.25, 0.3) is 10.9 Å². The summed E-state index contributed by atoms with van der Waals surface area (Å²) >= 11 is 5.89. The molecule has 5 heteroatoms. The Morgan fingerprint density at radius 2 is 2.29 bits per heavy atom. The monoisotopic (exact) mass is 251 g/mol. The Bertz CT molecular complexity index is 594. The zero-order valence-corrected chi connectivity index (χ0v) is 10.5. The lowest BCUT2D eigenvalue weighted by atomic mass is 10.2. The van der Waals surface area contributed by atoms with Gasteiger partial charge in [0, 0.05) is 17.6 Å². The minimum Gasteiger partial charge on any atom is -0.315 e. The molecule has 4 nitrogen and oxygen atoms in total. The molecule has 0 fully saturated rings. The summed E-state index contributed by atoms with van der Waals surface area (Å²) < 4.78 is 1.60. The van der Waals surface area contributed by atoms with Crippen molar-refractivity contribution in [1.29, 1.82) is 0 Å². The third-order valence-electron chi connectivity index (χ3n) is 2.75. The smallest absolute Gasteiger partial charge is 0.261 e. The Hall–Kier alpha value is -1.39. The molecule has 0 amide bonds. The summed E-state index contributed by atoms with van der Waals surface area (Å²) in [6, 6.07) is 5.36. The number of halogens is 1. The summed E-state index contributed by atoms with van der Waals surface area (Å²) in [5.41, 5.74) is 0.618. The highest BCUT2D eigenvalue weighted by atomic mass is 35.5. The van der Waals surface area contributed by atoms with E-state index in [1.165, 1.54) is 0 Å². The van der Waals surface area contributed by atoms with Gasteiger partial charge in [-0.25, -0.2) is 4.98 Å². The molecule has 1 atom stereocenters. The standard InChI is InChI=1S/C12H14ClN3O/c1-8(14-2)6-16-7-15-11-4-3-9(13)5-10(11)12(16)17/h3-5,7-8,14H,6H2,1-2H3. The number of hydrogen-bond acceptors (Lipinski definition) is 3. The second-order valence-corrected chi connectivity index (χ2v) is 4.49. The third-order valence-corrected chi connectivity index (χ3v) is 2.98. The number of aromatic nitrogens is 2. The minimum absolute atomic E-state index is 0.0559. The molecular formula is C12H14ClN3O. The van der Waals surface area contributed by atoms with Crippen molar-refractivity contribution < 1.29 is 0 Å². The van der Waals surface area contributed by atoms with Crippen molar-refractivity contribution in [2.75, 3.05) is 7.05 Å². The minimum atomic E-state index is -0.0559. The molecule has 0 aliphatic rings. The fourth-order valence-electron chi connectivity index (χ4n) is 1.65. The second kappa shape index (κ2) is 4.85. The number of benzene rings is 1. The highest BCUT2D eigenvalue weighted by Gasteiger charge is 2.06. The Kier molecular flexibility index (Phi) is 3.45. The van der Waals surface area contributed by atoms with Gasteiger partial charge in [-0.05, 0) is 32.2 Å². The van der Waals surface area contributed by atoms with E-state index < -0.39 is 0 Å². The van der Waals surface area contributed by atoms with Gasteiger partial charge < -0.3 is 5.32 Å². The summed E-state index contributed by atoms with van der Waals surface area (Å²) in [4.78, 5) is 16.4. The maximum absolute atomic E-state index is 12.2. The molecule has 1 unspecified atom stereocenters. The molecule has 1 aromatic carbocycles. The maximum atomic E-state index is 12.2. The Labute approximate surface area is 104 Å². The van der Waals surface area contributed by atoms with Gasteiger partial charge in [-0.2, -0.15) is 0 Å². The first-order valence-corrected chi connectivity index (χ1v) is 5.81. The van der Waals surface area contributed by atoms with E-state index in [4.69, 9.17) is 11.6 Å². The van der Waals surface area contributed by atoms with Crippen LogP contribution in [0.3, 0.4) is 0 Å². The number of nitrogens with zero attached hydrogens (tertiary/aromatic N) is 2. The van der Waals surface area contributed by atoms with Crippen LogP contribution in [0, 0.1) is 0 Å². The van der Waals surface area contributed by atoms with Crippen molar-refractivity contribution in [1.82, 2.24) is 14.9 Å². The summed E-state index contributed by atoms with van der Waals surface area (Å²) in [5, 5.41) is 4.20. The lowest BCUT2D eigenvalue weighted by Gasteiger charge is -2.12. The van der Waals surface area contributed by atoms with Crippen LogP contribution in [0.5, 0.6) is 0 Å². The number of fused-ring (bicyclic) bond motifs is 1. The fourth-order valence-corrected chi connectivity index (χ4v) is 1.82. The van der Waals surface area contributed by atoms with Crippen molar-refractivity contribution in [2.45, 2.75) is 19.5 Å². The highest BCUT2D eigenvalue weighted by Crippen LogP contribution is 2.13. The van der Waals surface area contributed by atoms with E-state index in [0.717, 1.165) is 0 Å². The van der Waals surface area contributed by atoms with E-state index in [0.29, 0.717) is 22.5 Å². The zero-order valence-electron chi connectivity index (χ0n) is 9.77. The van der Waals surface area contributed by atoms with Crippen LogP contribution >= 0.6 is 11.6 Å². The average Bonchev–Trinajstić information content (AvgIpc) is 2.33. The molecule has 0 bridgehead atoms. The highest BCUT2D eigenvalue weighted by molar-refractivity contribution is 6.31. The first-order chi connectivity index (χ1) is 8.11. The normalized spacial score (nSPS) is 12.9. The molecule has 1 heterocycles. The van der Waals surface area contributed by atoms with Crippen LogP contribution in [0.1, 0.15) is 6.92 Å². The van der Waals surface area contributed by atoms with Crippen molar-refractivity contribution in [3.05, 3.63) is 39.9 Å². The molecule has 0 saturated carbocycles. The summed E-state index contributed by atoms with van der Waals surface area (Å²) in [6.07, 6.45) is 1.58. The molecule has 0 spiro atoms. The van der Waals surface area contributed by atoms with E-state index in [-0.39, 0.29) is 11.6 Å². The predicted molar refractivity (Wildman–Crippen MR) is 69.5 cm³/mol. The third kappa shape index (κ3) is 2.48. The number of likely N-dealkylation sites (N-methyl/N-ethyl adjacent to an activating group) is 1. The van der Waals surface area contributed by atoms with Gasteiger partial charge in [0.15, 0.2) is 0 Å². The van der Waals surface area contributed by atoms with E-state index in [2.05, 4.69) is 10.3 Å². The van der Waals surface area contributed by atoms with E-state index >= 15 is 0 Å². The zero-order chi connectivity index (χ0) is 12.4. The van der Waals surface area contributed by atoms with Gasteiger partial charge in [-0.3, -0.25) is 9.36 Å². The number of hydrogen-bond donors (Lipinski definition) is 1. The van der Waals surface area contributed by atoms with Crippen molar-refractivity contribution in [2.24, 2.45) is 0 Å². The lowest BCUT2D eigenvalue weighted by Crippen LogP contribution is -2.32. The van der Waals surface area contributed by atoms with Gasteiger partial charge in [0.1, 0.15) is 0 Å². The molecule has 1 N–H and O–H groups in total. The molecule has 1 aromatic heterocycles. The van der Waals surface area contributed by atoms with Crippen LogP contribution in [-0.4, -0.2) is 22.6 Å². The fraction of sp³-hybridized carbons (Fsp3) is 0.333. The topological polar surface area (TPSA) is 46.9 Å². The van der Waals surface area contributed by atoms with Crippen molar-refractivity contribution >= 4 is 22.5 Å². The Balaban J connectivity index is 2.53. The molecular weight excluding hydrogens is 238 g/mol. The largest absolute Gasteiger partial charge is 0.315 e. The molecule has 90 valence electrons. The van der Waals surface area contributed by atoms with E-state index in [1.54, 1.807) is 29.1 Å². The SMILES string of the molecule is CNC(C)Cn1cnc2ccc(Cl)cc2c1=O. The van der Waals surface area contributed by atoms with E-state index in [1.807, 2.05) is 14.0 Å². The Morgan fingerprint density at radius 1 is 1.53 bits per heavy atom. The molecule has 0 aliphatic carbocycles. The van der Waals surface area contributed by atoms with Crippen LogP contribution in [0.2, 0.25) is 5.02 Å². The van der Waals surface area contributed by atoms with Crippen molar-refractivity contribution in [3.8, 4) is 0 Å². The Morgan fingerprint density at radius 3 is 3.00 bits per heavy atom. The van der Waals surface area contributed by atoms with Crippen molar-refractivity contribution in [3.63, 3.8) is 0 Å². The first-order valence-electron chi connectivity index (χ1n) is 5.44. The molecule has 0 aliphatic heterocycles. The van der Waals surface area contributed by atoms with Crippen LogP contribution in [0.4, 0.5) is 0 Å². The maximum Gasteiger partial charge on any atom is 0.261 e. The predicted octanol–water partition coefficient (Wildman–Crippen LogP) is 1.66. The summed E-state index contributed by atoms with van der Waals surface area (Å²) in [6.45, 7) is 2.60. The van der Waals surface area contributed by atoms with Gasteiger partial charge in [0.25, 0.3) is 5.56 Å². The van der Waals surface area contributed by atoms with Gasteiger partial charge in [-0.15, -0.1) is 0 Å². The molecule has 2 rings (SSSR count). The number of rotatable bonds is 3. The van der Waals surface area contributed by atoms with Gasteiger partial charge in [-0.1, -0.05) is 11.6 Å². The molecule has 2 aromatic rings. The van der Waals surface area contributed by atoms with Gasteiger partial charge in [0.05, 0.1) is 17.2 Å². The molecule has 0 saturated heterocycles. The molecule has 0 radical (unpaired) electrons. The summed E-state index contributed by atoms with van der Waals surface area (Å²) in [5.74, 6) is 0. The van der Waals surface area contributed by atoms with Gasteiger partial charge in [0.2, 0.25) is 0 Å². The number of nitrogens with one attached hydrogen (secondary N) is 1. The summed E-state index contributed by atoms with van der Waals surface area (Å²) in [7, 11) is 1.86. The van der Waals surface area contributed by atoms with Crippen LogP contribution in [-0.2, 0) is 6.54 Å². The van der Waals surface area contributed by atoms with Crippen LogP contribution < -0.4 is 10.9 Å². The quantitative estimate of drug-likeness (QED) is 0.903. The van der Waals surface area contributed by atoms with Crippen LogP contribution in [0.15, 0.2) is 29.3 Å². The van der Waals surface area contributed by atoms with E-state index in [9.17, 15) is 4.79 Å². The first kappa shape index (κ1) is 12.1. The second-order valence-electron chi connectivity index (χ2n) is 4.05. The average molecular weight is 252 g/mol. The van der Waals surface area contributed by atoms with Gasteiger partial charge >= 0.3 is 0 Å². The molecule has 17 heavy (non-hydrogen) atoms.